The van der Waals surface area contributed by atoms with Crippen LogP contribution in [0.3, 0.4) is 0 Å². The van der Waals surface area contributed by atoms with Gasteiger partial charge in [0.25, 0.3) is 0 Å². The number of halogens is 3. The topological polar surface area (TPSA) is 59.8 Å². The van der Waals surface area contributed by atoms with E-state index in [1.807, 2.05) is 32.7 Å². The maximum atomic E-state index is 15.2. The summed E-state index contributed by atoms with van der Waals surface area (Å²) in [5.74, 6) is 1.36. The summed E-state index contributed by atoms with van der Waals surface area (Å²) in [4.78, 5) is 15.6. The van der Waals surface area contributed by atoms with Crippen LogP contribution >= 0.6 is 0 Å². The molecular formula is C29H33F3N4O2. The molecule has 1 aliphatic rings. The molecular weight excluding hydrogens is 493 g/mol. The highest BCUT2D eigenvalue weighted by Gasteiger charge is 2.20. The minimum absolute atomic E-state index is 0.107. The second kappa shape index (κ2) is 12.4. The van der Waals surface area contributed by atoms with Gasteiger partial charge in [-0.05, 0) is 49.9 Å². The third-order valence-electron chi connectivity index (χ3n) is 6.90. The molecule has 202 valence electrons. The second-order valence-corrected chi connectivity index (χ2v) is 9.69. The minimum atomic E-state index is -2.89. The highest BCUT2D eigenvalue weighted by Crippen LogP contribution is 2.32. The zero-order valence-corrected chi connectivity index (χ0v) is 22.1. The summed E-state index contributed by atoms with van der Waals surface area (Å²) >= 11 is 0. The highest BCUT2D eigenvalue weighted by atomic mass is 19.3. The summed E-state index contributed by atoms with van der Waals surface area (Å²) in [6, 6.07) is 9.95. The van der Waals surface area contributed by atoms with Gasteiger partial charge in [0, 0.05) is 68.2 Å². The summed E-state index contributed by atoms with van der Waals surface area (Å²) in [6.45, 7) is 4.69. The third kappa shape index (κ3) is 6.69. The zero-order chi connectivity index (χ0) is 27.2. The van der Waals surface area contributed by atoms with Crippen LogP contribution in [0.5, 0.6) is 5.75 Å². The fourth-order valence-electron chi connectivity index (χ4n) is 4.65. The van der Waals surface area contributed by atoms with Crippen molar-refractivity contribution >= 4 is 11.5 Å². The molecule has 2 aromatic carbocycles. The Morgan fingerprint density at radius 3 is 2.53 bits per heavy atom. The Balaban J connectivity index is 1.48. The number of ether oxygens (including phenoxy) is 2. The maximum absolute atomic E-state index is 15.2. The Morgan fingerprint density at radius 2 is 1.84 bits per heavy atom. The number of aryl methyl sites for hydroxylation is 1. The smallest absolute Gasteiger partial charge is 0.387 e. The predicted molar refractivity (Wildman–Crippen MR) is 142 cm³/mol. The molecule has 0 saturated carbocycles. The molecule has 6 nitrogen and oxygen atoms in total. The van der Waals surface area contributed by atoms with Crippen molar-refractivity contribution in [2.24, 2.45) is 4.99 Å². The number of alkyl halides is 2. The number of aliphatic imine (C=N–C) groups is 1. The van der Waals surface area contributed by atoms with Crippen molar-refractivity contribution in [1.29, 1.82) is 0 Å². The largest absolute Gasteiger partial charge is 0.435 e. The van der Waals surface area contributed by atoms with Crippen LogP contribution in [0.2, 0.25) is 0 Å². The number of para-hydroxylation sites is 1. The molecule has 2 heterocycles. The number of hydrogen-bond acceptors (Lipinski definition) is 5. The first kappa shape index (κ1) is 27.6. The average Bonchev–Trinajstić information content (AvgIpc) is 2.91. The molecule has 9 heteroatoms. The van der Waals surface area contributed by atoms with E-state index in [9.17, 15) is 8.78 Å². The molecule has 0 aliphatic carbocycles. The summed E-state index contributed by atoms with van der Waals surface area (Å²) in [5.41, 5.74) is 3.06. The van der Waals surface area contributed by atoms with E-state index in [4.69, 9.17) is 4.74 Å². The van der Waals surface area contributed by atoms with Crippen molar-refractivity contribution in [3.05, 3.63) is 71.6 Å². The van der Waals surface area contributed by atoms with E-state index < -0.39 is 12.4 Å². The Bertz CT molecular complexity index is 1260. The lowest BCUT2D eigenvalue weighted by Crippen LogP contribution is -2.28. The van der Waals surface area contributed by atoms with Gasteiger partial charge in [0.1, 0.15) is 23.2 Å². The summed E-state index contributed by atoms with van der Waals surface area (Å²) in [6.07, 6.45) is 5.13. The molecule has 1 unspecified atom stereocenters. The number of nitrogens with zero attached hydrogens (tertiary/aromatic N) is 4. The Kier molecular flexibility index (Phi) is 8.99. The number of likely N-dealkylation sites (N-methyl/N-ethyl adjacent to an activating group) is 1. The van der Waals surface area contributed by atoms with Crippen LogP contribution < -0.4 is 4.74 Å². The lowest BCUT2D eigenvalue weighted by atomic mass is 9.99. The molecule has 4 rings (SSSR count). The van der Waals surface area contributed by atoms with Gasteiger partial charge in [0.15, 0.2) is 0 Å². The minimum Gasteiger partial charge on any atom is -0.435 e. The van der Waals surface area contributed by atoms with Gasteiger partial charge in [-0.1, -0.05) is 25.1 Å². The normalized spacial score (nSPS) is 15.5. The molecule has 0 radical (unpaired) electrons. The van der Waals surface area contributed by atoms with Gasteiger partial charge >= 0.3 is 6.61 Å². The first-order valence-electron chi connectivity index (χ1n) is 12.7. The van der Waals surface area contributed by atoms with Gasteiger partial charge in [0.05, 0.1) is 5.69 Å². The van der Waals surface area contributed by atoms with Gasteiger partial charge < -0.3 is 14.4 Å². The lowest BCUT2D eigenvalue weighted by molar-refractivity contribution is -0.0506. The highest BCUT2D eigenvalue weighted by molar-refractivity contribution is 5.83. The van der Waals surface area contributed by atoms with E-state index in [0.717, 1.165) is 24.2 Å². The Hall–Kier alpha value is -3.46. The van der Waals surface area contributed by atoms with Crippen molar-refractivity contribution in [3.8, 4) is 16.9 Å². The Morgan fingerprint density at radius 1 is 1.16 bits per heavy atom. The van der Waals surface area contributed by atoms with Gasteiger partial charge in [-0.3, -0.25) is 0 Å². The van der Waals surface area contributed by atoms with Crippen molar-refractivity contribution in [2.45, 2.75) is 52.1 Å². The molecule has 1 atom stereocenters. The standard InChI is InChI=1S/C29H33F3N4O2/c1-18-13-24(22-15-33-28(34-16-22)21-9-11-37-12-10-21)25(30)14-26(18)35-20(3)36(4)17-19(2)23-7-5-6-8-27(23)38-29(31)32/h5-8,13-16,19,21,29H,9-12,17H2,1-4H3. The molecule has 1 saturated heterocycles. The second-order valence-electron chi connectivity index (χ2n) is 9.69. The maximum Gasteiger partial charge on any atom is 0.387 e. The van der Waals surface area contributed by atoms with Crippen molar-refractivity contribution in [1.82, 2.24) is 14.9 Å². The van der Waals surface area contributed by atoms with Crippen LogP contribution in [0.1, 0.15) is 55.5 Å². The van der Waals surface area contributed by atoms with Crippen molar-refractivity contribution < 1.29 is 22.6 Å². The van der Waals surface area contributed by atoms with E-state index in [2.05, 4.69) is 19.7 Å². The molecule has 1 aromatic heterocycles. The fourth-order valence-corrected chi connectivity index (χ4v) is 4.65. The lowest BCUT2D eigenvalue weighted by Gasteiger charge is -2.24. The monoisotopic (exact) mass is 526 g/mol. The summed E-state index contributed by atoms with van der Waals surface area (Å²) < 4.78 is 50.9. The van der Waals surface area contributed by atoms with E-state index in [1.54, 1.807) is 36.7 Å². The number of amidine groups is 1. The van der Waals surface area contributed by atoms with Gasteiger partial charge in [-0.25, -0.2) is 19.4 Å². The molecule has 1 aliphatic heterocycles. The van der Waals surface area contributed by atoms with Crippen molar-refractivity contribution in [2.75, 3.05) is 26.8 Å². The average molecular weight is 527 g/mol. The quantitative estimate of drug-likeness (QED) is 0.237. The van der Waals surface area contributed by atoms with Gasteiger partial charge in [-0.15, -0.1) is 0 Å². The molecule has 1 fully saturated rings. The van der Waals surface area contributed by atoms with Crippen LogP contribution in [0.15, 0.2) is 53.8 Å². The molecule has 38 heavy (non-hydrogen) atoms. The zero-order valence-electron chi connectivity index (χ0n) is 22.1. The van der Waals surface area contributed by atoms with Crippen molar-refractivity contribution in [3.63, 3.8) is 0 Å². The fraction of sp³-hybridized carbons (Fsp3) is 0.414. The predicted octanol–water partition coefficient (Wildman–Crippen LogP) is 6.87. The number of benzene rings is 2. The van der Waals surface area contributed by atoms with Crippen LogP contribution in [0.25, 0.3) is 11.1 Å². The number of hydrogen-bond donors (Lipinski definition) is 0. The summed E-state index contributed by atoms with van der Waals surface area (Å²) in [5, 5.41) is 0. The van der Waals surface area contributed by atoms with Crippen LogP contribution in [-0.4, -0.2) is 54.1 Å². The third-order valence-corrected chi connectivity index (χ3v) is 6.90. The van der Waals surface area contributed by atoms with Crippen LogP contribution in [-0.2, 0) is 4.74 Å². The Labute approximate surface area is 221 Å². The molecule has 3 aromatic rings. The number of rotatable bonds is 8. The number of aromatic nitrogens is 2. The first-order valence-corrected chi connectivity index (χ1v) is 12.7. The van der Waals surface area contributed by atoms with E-state index in [0.29, 0.717) is 48.0 Å². The van der Waals surface area contributed by atoms with E-state index >= 15 is 4.39 Å². The van der Waals surface area contributed by atoms with Crippen LogP contribution in [0, 0.1) is 12.7 Å². The molecule has 0 spiro atoms. The van der Waals surface area contributed by atoms with E-state index in [-0.39, 0.29) is 17.6 Å². The van der Waals surface area contributed by atoms with E-state index in [1.165, 1.54) is 12.1 Å². The first-order chi connectivity index (χ1) is 18.2. The van der Waals surface area contributed by atoms with Crippen LogP contribution in [0.4, 0.5) is 18.9 Å². The van der Waals surface area contributed by atoms with Gasteiger partial charge in [-0.2, -0.15) is 8.78 Å². The molecule has 0 bridgehead atoms. The summed E-state index contributed by atoms with van der Waals surface area (Å²) in [7, 11) is 1.86. The van der Waals surface area contributed by atoms with Gasteiger partial charge in [0.2, 0.25) is 0 Å². The molecule has 0 amide bonds. The SMILES string of the molecule is CC(=Nc1cc(F)c(-c2cnc(C3CCOCC3)nc2)cc1C)N(C)CC(C)c1ccccc1OC(F)F. The molecule has 0 N–H and O–H groups in total.